The van der Waals surface area contributed by atoms with Crippen LogP contribution in [0.3, 0.4) is 0 Å². The maximum absolute atomic E-state index is 5.35. The smallest absolute Gasteiger partial charge is 0.193 e. The van der Waals surface area contributed by atoms with Crippen LogP contribution < -0.4 is 33.6 Å². The largest absolute Gasteiger partial charge is 1.00 e. The van der Waals surface area contributed by atoms with E-state index in [1.807, 2.05) is 66.7 Å². The number of anilines is 1. The number of pyridine rings is 1. The molecule has 6 heteroatoms. The Morgan fingerprint density at radius 3 is 2.13 bits per heavy atom. The van der Waals surface area contributed by atoms with E-state index < -0.39 is 0 Å². The minimum Gasteiger partial charge on any atom is -1.00 e. The number of quaternary nitrogens is 1. The monoisotopic (exact) mass is 633 g/mol. The van der Waals surface area contributed by atoms with Crippen molar-refractivity contribution in [2.45, 2.75) is 13.3 Å². The van der Waals surface area contributed by atoms with Crippen LogP contribution in [0, 0.1) is 0 Å². The van der Waals surface area contributed by atoms with Crippen LogP contribution in [0.2, 0.25) is 0 Å². The van der Waals surface area contributed by atoms with Gasteiger partial charge in [0.25, 0.3) is 0 Å². The standard InChI is InChI=1S/C9H9NO.C9H7N.C6H16N.2HI/c1-7-10(2)8-5-3-4-6-9(8)11-7;1-2-6-9-8(4-1)5-3-7-10-9;1-5-6-7(2,3)4;;/h3-6H,1H2,2H3;1-7H;5-6H2,1-4H3;2*1H/q;;+1;;/p-1. The molecule has 30 heavy (non-hydrogen) atoms. The molecule has 0 bridgehead atoms. The summed E-state index contributed by atoms with van der Waals surface area (Å²) in [5.41, 5.74) is 2.14. The average molecular weight is 633 g/mol. The first kappa shape index (κ1) is 28.6. The van der Waals surface area contributed by atoms with Crippen LogP contribution in [0.25, 0.3) is 10.9 Å². The van der Waals surface area contributed by atoms with E-state index in [1.165, 1.54) is 18.4 Å². The van der Waals surface area contributed by atoms with Crippen molar-refractivity contribution in [2.75, 3.05) is 39.6 Å². The Morgan fingerprint density at radius 1 is 0.967 bits per heavy atom. The van der Waals surface area contributed by atoms with Gasteiger partial charge in [0.1, 0.15) is 0 Å². The maximum Gasteiger partial charge on any atom is 0.193 e. The summed E-state index contributed by atoms with van der Waals surface area (Å²) in [5.74, 6) is 1.58. The summed E-state index contributed by atoms with van der Waals surface area (Å²) < 4.78 is 6.44. The number of para-hydroxylation sites is 3. The number of ether oxygens (including phenoxy) is 1. The molecule has 0 unspecified atom stereocenters. The Balaban J connectivity index is 0.000000418. The van der Waals surface area contributed by atoms with E-state index in [2.05, 4.69) is 51.8 Å². The van der Waals surface area contributed by atoms with Crippen LogP contribution in [0.4, 0.5) is 5.69 Å². The van der Waals surface area contributed by atoms with Gasteiger partial charge in [-0.2, -0.15) is 0 Å². The Labute approximate surface area is 215 Å². The van der Waals surface area contributed by atoms with Crippen molar-refractivity contribution in [1.29, 1.82) is 0 Å². The second kappa shape index (κ2) is 13.8. The fourth-order valence-electron chi connectivity index (χ4n) is 2.84. The molecule has 0 aliphatic carbocycles. The third-order valence-corrected chi connectivity index (χ3v) is 4.24. The van der Waals surface area contributed by atoms with E-state index in [1.54, 1.807) is 0 Å². The first-order valence-corrected chi connectivity index (χ1v) is 9.61. The van der Waals surface area contributed by atoms with Gasteiger partial charge in [0.05, 0.1) is 38.9 Å². The van der Waals surface area contributed by atoms with Gasteiger partial charge in [-0.15, -0.1) is 24.0 Å². The quantitative estimate of drug-likeness (QED) is 0.321. The van der Waals surface area contributed by atoms with Crippen molar-refractivity contribution >= 4 is 40.6 Å². The van der Waals surface area contributed by atoms with E-state index in [9.17, 15) is 0 Å². The van der Waals surface area contributed by atoms with Gasteiger partial charge in [0.15, 0.2) is 11.6 Å². The summed E-state index contributed by atoms with van der Waals surface area (Å²) in [6.07, 6.45) is 3.09. The lowest BCUT2D eigenvalue weighted by Crippen LogP contribution is -3.00. The highest BCUT2D eigenvalue weighted by molar-refractivity contribution is 14.0. The highest BCUT2D eigenvalue weighted by Gasteiger charge is 2.19. The second-order valence-electron chi connectivity index (χ2n) is 7.73. The van der Waals surface area contributed by atoms with Crippen LogP contribution >= 0.6 is 24.0 Å². The number of halogens is 2. The van der Waals surface area contributed by atoms with E-state index in [-0.39, 0.29) is 48.0 Å². The van der Waals surface area contributed by atoms with Crippen molar-refractivity contribution < 1.29 is 33.2 Å². The minimum atomic E-state index is 0. The first-order valence-electron chi connectivity index (χ1n) is 9.61. The van der Waals surface area contributed by atoms with Crippen LogP contribution in [-0.4, -0.2) is 44.2 Å². The van der Waals surface area contributed by atoms with Crippen molar-refractivity contribution in [1.82, 2.24) is 4.98 Å². The van der Waals surface area contributed by atoms with E-state index >= 15 is 0 Å². The molecule has 4 nitrogen and oxygen atoms in total. The van der Waals surface area contributed by atoms with Gasteiger partial charge in [-0.25, -0.2) is 0 Å². The SMILES string of the molecule is C=C1Oc2ccccc2N1C.CCC[N+](C)(C)C.I.[I-].c1ccc2ncccc2c1. The molecule has 0 atom stereocenters. The lowest BCUT2D eigenvalue weighted by atomic mass is 10.2. The molecule has 0 saturated heterocycles. The van der Waals surface area contributed by atoms with E-state index in [4.69, 9.17) is 4.74 Å². The highest BCUT2D eigenvalue weighted by atomic mass is 127. The fraction of sp³-hybridized carbons (Fsp3) is 0.292. The van der Waals surface area contributed by atoms with Gasteiger partial charge in [0.2, 0.25) is 0 Å². The number of benzene rings is 2. The second-order valence-corrected chi connectivity index (χ2v) is 7.73. The van der Waals surface area contributed by atoms with E-state index in [0.29, 0.717) is 5.88 Å². The molecule has 0 saturated carbocycles. The van der Waals surface area contributed by atoms with Gasteiger partial charge in [-0.1, -0.05) is 43.3 Å². The van der Waals surface area contributed by atoms with Crippen LogP contribution in [0.15, 0.2) is 79.3 Å². The normalized spacial score (nSPS) is 11.5. The predicted octanol–water partition coefficient (Wildman–Crippen LogP) is 2.95. The van der Waals surface area contributed by atoms with Crippen molar-refractivity contribution in [3.63, 3.8) is 0 Å². The summed E-state index contributed by atoms with van der Waals surface area (Å²) in [6, 6.07) is 20.0. The minimum absolute atomic E-state index is 0. The molecule has 2 heterocycles. The predicted molar refractivity (Wildman–Crippen MR) is 135 cm³/mol. The third kappa shape index (κ3) is 9.18. The zero-order valence-electron chi connectivity index (χ0n) is 18.5. The van der Waals surface area contributed by atoms with Gasteiger partial charge in [0, 0.05) is 18.6 Å². The Morgan fingerprint density at radius 2 is 1.57 bits per heavy atom. The molecule has 0 spiro atoms. The molecule has 1 aliphatic heterocycles. The Bertz CT molecular complexity index is 845. The molecule has 4 rings (SSSR count). The van der Waals surface area contributed by atoms with Crippen molar-refractivity contribution in [2.24, 2.45) is 0 Å². The summed E-state index contributed by atoms with van der Waals surface area (Å²) in [6.45, 7) is 7.24. The van der Waals surface area contributed by atoms with Crippen molar-refractivity contribution in [3.8, 4) is 5.75 Å². The van der Waals surface area contributed by atoms with Gasteiger partial charge >= 0.3 is 0 Å². The molecule has 1 aromatic heterocycles. The van der Waals surface area contributed by atoms with Crippen LogP contribution in [0.5, 0.6) is 5.75 Å². The molecule has 3 aromatic rings. The molecule has 0 radical (unpaired) electrons. The lowest BCUT2D eigenvalue weighted by molar-refractivity contribution is -0.870. The summed E-state index contributed by atoms with van der Waals surface area (Å²) >= 11 is 0. The van der Waals surface area contributed by atoms with Crippen LogP contribution in [0.1, 0.15) is 13.3 Å². The zero-order chi connectivity index (χ0) is 20.6. The van der Waals surface area contributed by atoms with Gasteiger partial charge in [-0.3, -0.25) is 4.98 Å². The number of rotatable bonds is 2. The molecule has 1 aliphatic rings. The zero-order valence-corrected chi connectivity index (χ0v) is 23.0. The number of aromatic nitrogens is 1. The maximum atomic E-state index is 5.35. The van der Waals surface area contributed by atoms with Crippen molar-refractivity contribution in [3.05, 3.63) is 79.3 Å². The molecule has 0 fully saturated rings. The summed E-state index contributed by atoms with van der Waals surface area (Å²) in [5, 5.41) is 1.20. The van der Waals surface area contributed by atoms with E-state index in [0.717, 1.165) is 21.4 Å². The van der Waals surface area contributed by atoms with Crippen LogP contribution in [-0.2, 0) is 0 Å². The van der Waals surface area contributed by atoms with Gasteiger partial charge in [-0.05, 0) is 37.3 Å². The molecule has 164 valence electrons. The molecule has 0 N–H and O–H groups in total. The number of nitrogens with zero attached hydrogens (tertiary/aromatic N) is 3. The number of hydrogen-bond acceptors (Lipinski definition) is 3. The summed E-state index contributed by atoms with van der Waals surface area (Å²) in [7, 11) is 8.57. The topological polar surface area (TPSA) is 25.4 Å². The number of hydrogen-bond donors (Lipinski definition) is 0. The molecule has 0 amide bonds. The first-order chi connectivity index (χ1) is 13.3. The molecular weight excluding hydrogens is 600 g/mol. The average Bonchev–Trinajstić information content (AvgIpc) is 2.96. The highest BCUT2D eigenvalue weighted by Crippen LogP contribution is 2.36. The Hall–Kier alpha value is -1.39. The summed E-state index contributed by atoms with van der Waals surface area (Å²) in [4.78, 5) is 6.11. The van der Waals surface area contributed by atoms with Gasteiger partial charge < -0.3 is 38.1 Å². The molecular formula is C24H33I2N3O. The third-order valence-electron chi connectivity index (χ3n) is 4.24. The molecule has 2 aromatic carbocycles. The lowest BCUT2D eigenvalue weighted by Gasteiger charge is -2.22. The Kier molecular flexibility index (Phi) is 13.2. The number of fused-ring (bicyclic) bond motifs is 2. The fourth-order valence-corrected chi connectivity index (χ4v) is 2.84.